The van der Waals surface area contributed by atoms with Gasteiger partial charge in [-0.1, -0.05) is 48.5 Å². The molecular formula is C31H34FN3O2. The van der Waals surface area contributed by atoms with Crippen molar-refractivity contribution in [1.29, 1.82) is 0 Å². The van der Waals surface area contributed by atoms with Crippen LogP contribution < -0.4 is 10.2 Å². The summed E-state index contributed by atoms with van der Waals surface area (Å²) in [6, 6.07) is 19.9. The van der Waals surface area contributed by atoms with Crippen molar-refractivity contribution in [3.05, 3.63) is 94.8 Å². The first-order chi connectivity index (χ1) is 17.9. The second-order valence-electron chi connectivity index (χ2n) is 10.2. The first kappa shape index (κ1) is 25.0. The SMILES string of the molecule is Cc1ccc(NC(=O)C2CCCN(C(=O)c3c(C)cccc3F)[C@H]2c2ccccc2)cc1N1CCCC1. The second kappa shape index (κ2) is 10.8. The monoisotopic (exact) mass is 499 g/mol. The number of hydrogen-bond donors (Lipinski definition) is 1. The van der Waals surface area contributed by atoms with Crippen LogP contribution in [-0.4, -0.2) is 36.3 Å². The van der Waals surface area contributed by atoms with E-state index in [1.165, 1.54) is 24.5 Å². The largest absolute Gasteiger partial charge is 0.371 e. The molecule has 2 aliphatic heterocycles. The van der Waals surface area contributed by atoms with Gasteiger partial charge in [0.15, 0.2) is 0 Å². The molecule has 0 saturated carbocycles. The van der Waals surface area contributed by atoms with Crippen LogP contribution in [0.25, 0.3) is 0 Å². The molecule has 0 radical (unpaired) electrons. The number of hydrogen-bond acceptors (Lipinski definition) is 3. The molecule has 5 nitrogen and oxygen atoms in total. The van der Waals surface area contributed by atoms with Gasteiger partial charge in [-0.3, -0.25) is 9.59 Å². The quantitative estimate of drug-likeness (QED) is 0.450. The summed E-state index contributed by atoms with van der Waals surface area (Å²) < 4.78 is 14.8. The van der Waals surface area contributed by atoms with Crippen molar-refractivity contribution in [2.75, 3.05) is 29.9 Å². The summed E-state index contributed by atoms with van der Waals surface area (Å²) in [5.74, 6) is -1.47. The molecule has 2 aliphatic rings. The van der Waals surface area contributed by atoms with Crippen molar-refractivity contribution in [2.24, 2.45) is 5.92 Å². The van der Waals surface area contributed by atoms with Crippen molar-refractivity contribution in [1.82, 2.24) is 4.90 Å². The number of carbonyl (C=O) groups excluding carboxylic acids is 2. The van der Waals surface area contributed by atoms with Crippen LogP contribution in [0, 0.1) is 25.6 Å². The average Bonchev–Trinajstić information content (AvgIpc) is 3.44. The van der Waals surface area contributed by atoms with Crippen molar-refractivity contribution in [2.45, 2.75) is 45.6 Å². The van der Waals surface area contributed by atoms with E-state index in [9.17, 15) is 14.0 Å². The van der Waals surface area contributed by atoms with Crippen molar-refractivity contribution in [3.8, 4) is 0 Å². The predicted octanol–water partition coefficient (Wildman–Crippen LogP) is 6.27. The van der Waals surface area contributed by atoms with Crippen molar-refractivity contribution < 1.29 is 14.0 Å². The summed E-state index contributed by atoms with van der Waals surface area (Å²) >= 11 is 0. The van der Waals surface area contributed by atoms with Gasteiger partial charge < -0.3 is 15.1 Å². The zero-order valence-electron chi connectivity index (χ0n) is 21.5. The first-order valence-corrected chi connectivity index (χ1v) is 13.2. The molecule has 37 heavy (non-hydrogen) atoms. The lowest BCUT2D eigenvalue weighted by atomic mass is 9.83. The number of anilines is 2. The molecule has 6 heteroatoms. The summed E-state index contributed by atoms with van der Waals surface area (Å²) in [4.78, 5) is 31.6. The van der Waals surface area contributed by atoms with Crippen LogP contribution in [0.3, 0.4) is 0 Å². The summed E-state index contributed by atoms with van der Waals surface area (Å²) in [6.07, 6.45) is 3.69. The van der Waals surface area contributed by atoms with Crippen LogP contribution in [0.15, 0.2) is 66.7 Å². The number of carbonyl (C=O) groups is 2. The Kier molecular flexibility index (Phi) is 7.26. The van der Waals surface area contributed by atoms with E-state index < -0.39 is 17.8 Å². The molecule has 2 amide bonds. The van der Waals surface area contributed by atoms with Crippen LogP contribution >= 0.6 is 0 Å². The van der Waals surface area contributed by atoms with Gasteiger partial charge in [0.05, 0.1) is 17.5 Å². The van der Waals surface area contributed by atoms with Gasteiger partial charge in [-0.2, -0.15) is 0 Å². The van der Waals surface area contributed by atoms with Crippen LogP contribution in [0.5, 0.6) is 0 Å². The average molecular weight is 500 g/mol. The number of halogens is 1. The van der Waals surface area contributed by atoms with Gasteiger partial charge in [-0.15, -0.1) is 0 Å². The van der Waals surface area contributed by atoms with Crippen LogP contribution in [0.2, 0.25) is 0 Å². The third kappa shape index (κ3) is 5.10. The molecule has 2 saturated heterocycles. The Morgan fingerprint density at radius 3 is 2.35 bits per heavy atom. The molecule has 0 spiro atoms. The van der Waals surface area contributed by atoms with E-state index in [2.05, 4.69) is 29.3 Å². The molecule has 1 unspecified atom stereocenters. The molecule has 0 aliphatic carbocycles. The molecule has 0 aromatic heterocycles. The molecular weight excluding hydrogens is 465 g/mol. The van der Waals surface area contributed by atoms with Gasteiger partial charge >= 0.3 is 0 Å². The van der Waals surface area contributed by atoms with Crippen LogP contribution in [0.4, 0.5) is 15.8 Å². The maximum Gasteiger partial charge on any atom is 0.257 e. The highest BCUT2D eigenvalue weighted by Crippen LogP contribution is 2.39. The van der Waals surface area contributed by atoms with Gasteiger partial charge in [-0.25, -0.2) is 4.39 Å². The number of nitrogens with zero attached hydrogens (tertiary/aromatic N) is 2. The van der Waals surface area contributed by atoms with Gasteiger partial charge in [0, 0.05) is 31.0 Å². The molecule has 2 atom stereocenters. The van der Waals surface area contributed by atoms with E-state index in [0.29, 0.717) is 24.9 Å². The zero-order valence-corrected chi connectivity index (χ0v) is 21.5. The van der Waals surface area contributed by atoms with Gasteiger partial charge in [-0.05, 0) is 74.4 Å². The number of likely N-dealkylation sites (tertiary alicyclic amines) is 1. The number of benzene rings is 3. The Labute approximate surface area is 218 Å². The molecule has 5 rings (SSSR count). The minimum absolute atomic E-state index is 0.0817. The number of piperidine rings is 1. The Hall–Kier alpha value is -3.67. The van der Waals surface area contributed by atoms with Gasteiger partial charge in [0.25, 0.3) is 5.91 Å². The van der Waals surface area contributed by atoms with E-state index in [-0.39, 0.29) is 17.4 Å². The molecule has 2 heterocycles. The third-order valence-electron chi connectivity index (χ3n) is 7.73. The lowest BCUT2D eigenvalue weighted by Crippen LogP contribution is -2.46. The fourth-order valence-electron chi connectivity index (χ4n) is 5.83. The molecule has 1 N–H and O–H groups in total. The topological polar surface area (TPSA) is 52.7 Å². The molecule has 192 valence electrons. The zero-order chi connectivity index (χ0) is 25.9. The van der Waals surface area contributed by atoms with Crippen molar-refractivity contribution in [3.63, 3.8) is 0 Å². The highest BCUT2D eigenvalue weighted by molar-refractivity contribution is 5.98. The van der Waals surface area contributed by atoms with E-state index in [4.69, 9.17) is 0 Å². The van der Waals surface area contributed by atoms with E-state index in [1.54, 1.807) is 24.0 Å². The molecule has 3 aromatic rings. The highest BCUT2D eigenvalue weighted by atomic mass is 19.1. The lowest BCUT2D eigenvalue weighted by Gasteiger charge is -2.41. The summed E-state index contributed by atoms with van der Waals surface area (Å²) in [5, 5.41) is 3.15. The van der Waals surface area contributed by atoms with Gasteiger partial charge in [0.1, 0.15) is 5.82 Å². The standard InChI is InChI=1S/C31H34FN3O2/c1-21-15-16-24(20-27(21)34-17-6-7-18-34)33-30(36)25-13-9-19-35(29(25)23-11-4-3-5-12-23)31(37)28-22(2)10-8-14-26(28)32/h3-5,8,10-12,14-16,20,25,29H,6-7,9,13,17-19H2,1-2H3,(H,33,36)/t25?,29-/m0/s1. The Morgan fingerprint density at radius 1 is 0.865 bits per heavy atom. The van der Waals surface area contributed by atoms with Crippen molar-refractivity contribution >= 4 is 23.2 Å². The minimum Gasteiger partial charge on any atom is -0.371 e. The fourth-order valence-corrected chi connectivity index (χ4v) is 5.83. The smallest absolute Gasteiger partial charge is 0.257 e. The van der Waals surface area contributed by atoms with E-state index in [1.807, 2.05) is 36.4 Å². The Bertz CT molecular complexity index is 1270. The normalized spacial score (nSPS) is 19.6. The van der Waals surface area contributed by atoms with E-state index in [0.717, 1.165) is 30.0 Å². The molecule has 0 bridgehead atoms. The summed E-state index contributed by atoms with van der Waals surface area (Å²) in [7, 11) is 0. The van der Waals surface area contributed by atoms with E-state index >= 15 is 0 Å². The highest BCUT2D eigenvalue weighted by Gasteiger charge is 2.40. The van der Waals surface area contributed by atoms with Crippen LogP contribution in [-0.2, 0) is 4.79 Å². The third-order valence-corrected chi connectivity index (χ3v) is 7.73. The fraction of sp³-hybridized carbons (Fsp3) is 0.355. The minimum atomic E-state index is -0.530. The number of amides is 2. The Balaban J connectivity index is 1.46. The molecule has 2 fully saturated rings. The van der Waals surface area contributed by atoms with Gasteiger partial charge in [0.2, 0.25) is 5.91 Å². The summed E-state index contributed by atoms with van der Waals surface area (Å²) in [6.45, 7) is 6.38. The first-order valence-electron chi connectivity index (χ1n) is 13.2. The second-order valence-corrected chi connectivity index (χ2v) is 10.2. The predicted molar refractivity (Wildman–Crippen MR) is 145 cm³/mol. The number of aryl methyl sites for hydroxylation is 2. The maximum atomic E-state index is 14.8. The molecule has 3 aromatic carbocycles. The maximum absolute atomic E-state index is 14.8. The Morgan fingerprint density at radius 2 is 1.62 bits per heavy atom. The summed E-state index contributed by atoms with van der Waals surface area (Å²) in [5.41, 5.74) is 4.67. The van der Waals surface area contributed by atoms with Crippen LogP contribution in [0.1, 0.15) is 58.8 Å². The number of rotatable bonds is 5. The lowest BCUT2D eigenvalue weighted by molar-refractivity contribution is -0.123. The number of nitrogens with one attached hydrogen (secondary N) is 1.